The minimum atomic E-state index is -0.306. The van der Waals surface area contributed by atoms with E-state index in [1.54, 1.807) is 12.3 Å². The normalized spacial score (nSPS) is 11.2. The van der Waals surface area contributed by atoms with Gasteiger partial charge in [-0.2, -0.15) is 5.10 Å². The number of benzene rings is 1. The van der Waals surface area contributed by atoms with Crippen LogP contribution < -0.4 is 16.5 Å². The van der Waals surface area contributed by atoms with Gasteiger partial charge in [-0.3, -0.25) is 9.59 Å². The van der Waals surface area contributed by atoms with E-state index in [1.165, 1.54) is 11.3 Å². The number of anilines is 2. The van der Waals surface area contributed by atoms with Crippen LogP contribution in [0.25, 0.3) is 0 Å². The third-order valence-corrected chi connectivity index (χ3v) is 3.93. The van der Waals surface area contributed by atoms with Crippen LogP contribution in [0, 0.1) is 13.8 Å². The van der Waals surface area contributed by atoms with Crippen LogP contribution in [0.2, 0.25) is 0 Å². The number of carbonyl (C=O) groups is 2. The molecule has 0 atom stereocenters. The number of hydrazone groups is 1. The lowest BCUT2D eigenvalue weighted by molar-refractivity contribution is -0.120. The van der Waals surface area contributed by atoms with E-state index < -0.39 is 0 Å². The Morgan fingerprint density at radius 1 is 1.20 bits per heavy atom. The number of nitrogens with two attached hydrogens (primary N) is 1. The Morgan fingerprint density at radius 3 is 2.48 bits per heavy atom. The average molecular weight is 359 g/mol. The van der Waals surface area contributed by atoms with Gasteiger partial charge in [0, 0.05) is 16.8 Å². The fourth-order valence-electron chi connectivity index (χ4n) is 2.29. The van der Waals surface area contributed by atoms with Crippen molar-refractivity contribution < 1.29 is 9.59 Å². The first-order valence-corrected chi connectivity index (χ1v) is 8.60. The highest BCUT2D eigenvalue weighted by molar-refractivity contribution is 7.13. The summed E-state index contributed by atoms with van der Waals surface area (Å²) in [6.45, 7) is 5.63. The van der Waals surface area contributed by atoms with Crippen molar-refractivity contribution in [1.82, 2.24) is 10.4 Å². The Morgan fingerprint density at radius 2 is 1.88 bits per heavy atom. The van der Waals surface area contributed by atoms with Crippen LogP contribution in [0.3, 0.4) is 0 Å². The zero-order valence-corrected chi connectivity index (χ0v) is 15.2. The molecule has 8 heteroatoms. The first-order chi connectivity index (χ1) is 11.8. The lowest BCUT2D eigenvalue weighted by atomic mass is 10.1. The summed E-state index contributed by atoms with van der Waals surface area (Å²) in [6, 6.07) is 5.84. The molecular formula is C17H21N5O2S. The van der Waals surface area contributed by atoms with E-state index in [0.717, 1.165) is 16.8 Å². The van der Waals surface area contributed by atoms with E-state index in [2.05, 4.69) is 20.8 Å². The molecule has 0 unspecified atom stereocenters. The number of rotatable bonds is 6. The molecule has 2 aromatic rings. The van der Waals surface area contributed by atoms with Gasteiger partial charge in [-0.25, -0.2) is 10.4 Å². The maximum Gasteiger partial charge on any atom is 0.246 e. The summed E-state index contributed by atoms with van der Waals surface area (Å²) in [4.78, 5) is 27.8. The summed E-state index contributed by atoms with van der Waals surface area (Å²) >= 11 is 1.28. The van der Waals surface area contributed by atoms with E-state index in [1.807, 2.05) is 32.0 Å². The van der Waals surface area contributed by atoms with Crippen LogP contribution in [-0.2, 0) is 16.0 Å². The number of nitrogens with zero attached hydrogens (tertiary/aromatic N) is 2. The first-order valence-electron chi connectivity index (χ1n) is 7.72. The Balaban J connectivity index is 1.83. The molecule has 0 radical (unpaired) electrons. The van der Waals surface area contributed by atoms with Gasteiger partial charge in [-0.1, -0.05) is 6.07 Å². The summed E-state index contributed by atoms with van der Waals surface area (Å²) in [6.07, 6.45) is 0.191. The van der Waals surface area contributed by atoms with Gasteiger partial charge in [0.25, 0.3) is 0 Å². The van der Waals surface area contributed by atoms with Gasteiger partial charge in [-0.05, 0) is 44.0 Å². The Kier molecular flexibility index (Phi) is 6.24. The second-order valence-electron chi connectivity index (χ2n) is 5.84. The highest BCUT2D eigenvalue weighted by atomic mass is 32.1. The van der Waals surface area contributed by atoms with Gasteiger partial charge in [0.15, 0.2) is 5.13 Å². The van der Waals surface area contributed by atoms with Crippen molar-refractivity contribution in [2.45, 2.75) is 33.6 Å². The monoisotopic (exact) mass is 359 g/mol. The molecular weight excluding hydrogens is 338 g/mol. The molecule has 1 aromatic carbocycles. The molecule has 1 heterocycles. The minimum absolute atomic E-state index is 0.0942. The van der Waals surface area contributed by atoms with Crippen molar-refractivity contribution in [3.63, 3.8) is 0 Å². The molecule has 132 valence electrons. The maximum atomic E-state index is 12.1. The van der Waals surface area contributed by atoms with Crippen molar-refractivity contribution in [2.24, 2.45) is 5.10 Å². The zero-order chi connectivity index (χ0) is 18.4. The highest BCUT2D eigenvalue weighted by Crippen LogP contribution is 2.14. The van der Waals surface area contributed by atoms with Crippen molar-refractivity contribution in [2.75, 3.05) is 11.1 Å². The summed E-state index contributed by atoms with van der Waals surface area (Å²) in [5, 5.41) is 8.92. The number of nitrogens with one attached hydrogen (secondary N) is 2. The van der Waals surface area contributed by atoms with Gasteiger partial charge in [0.1, 0.15) is 0 Å². The van der Waals surface area contributed by atoms with Crippen LogP contribution in [0.1, 0.15) is 30.2 Å². The molecule has 0 fully saturated rings. The minimum Gasteiger partial charge on any atom is -0.375 e. The fraction of sp³-hybridized carbons (Fsp3) is 0.294. The molecule has 2 rings (SSSR count). The zero-order valence-electron chi connectivity index (χ0n) is 14.4. The lowest BCUT2D eigenvalue weighted by Crippen LogP contribution is -2.23. The first kappa shape index (κ1) is 18.6. The molecule has 0 spiro atoms. The fourth-order valence-corrected chi connectivity index (χ4v) is 2.85. The van der Waals surface area contributed by atoms with Crippen molar-refractivity contribution >= 4 is 39.7 Å². The summed E-state index contributed by atoms with van der Waals surface area (Å²) in [5.74, 6) is -0.493. The van der Waals surface area contributed by atoms with E-state index >= 15 is 0 Å². The molecule has 4 N–H and O–H groups in total. The van der Waals surface area contributed by atoms with Gasteiger partial charge >= 0.3 is 0 Å². The number of amides is 2. The van der Waals surface area contributed by atoms with Crippen LogP contribution in [0.15, 0.2) is 28.7 Å². The van der Waals surface area contributed by atoms with Gasteiger partial charge in [-0.15, -0.1) is 11.3 Å². The molecule has 25 heavy (non-hydrogen) atoms. The molecule has 2 amide bonds. The smallest absolute Gasteiger partial charge is 0.246 e. The molecule has 0 aliphatic heterocycles. The third kappa shape index (κ3) is 6.34. The molecule has 1 aromatic heterocycles. The number of nitrogen functional groups attached to an aromatic ring is 1. The quantitative estimate of drug-likeness (QED) is 0.543. The second kappa shape index (κ2) is 8.39. The average Bonchev–Trinajstić information content (AvgIpc) is 2.89. The number of aromatic nitrogens is 1. The van der Waals surface area contributed by atoms with Crippen LogP contribution in [0.4, 0.5) is 10.8 Å². The van der Waals surface area contributed by atoms with Crippen molar-refractivity contribution in [3.8, 4) is 0 Å². The number of aryl methyl sites for hydroxylation is 2. The molecule has 0 bridgehead atoms. The molecule has 0 aliphatic rings. The number of thiazole rings is 1. The highest BCUT2D eigenvalue weighted by Gasteiger charge is 2.08. The van der Waals surface area contributed by atoms with Gasteiger partial charge < -0.3 is 11.1 Å². The third-order valence-electron chi connectivity index (χ3n) is 3.20. The maximum absolute atomic E-state index is 12.1. The summed E-state index contributed by atoms with van der Waals surface area (Å²) in [7, 11) is 0. The molecule has 0 aliphatic carbocycles. The Bertz CT molecular complexity index is 793. The van der Waals surface area contributed by atoms with E-state index in [-0.39, 0.29) is 24.7 Å². The standard InChI is InChI=1S/C17H21N5O2S/c1-10-4-11(2)6-13(5-10)19-15(23)7-12(3)21-22-16(24)8-14-9-25-17(18)20-14/h4-6,9H,7-8H2,1-3H3,(H2,18,20)(H,19,23)(H,22,24)/b21-12+. The Labute approximate surface area is 150 Å². The van der Waals surface area contributed by atoms with Gasteiger partial charge in [0.05, 0.1) is 18.5 Å². The van der Waals surface area contributed by atoms with Crippen LogP contribution >= 0.6 is 11.3 Å². The summed E-state index contributed by atoms with van der Waals surface area (Å²) in [5.41, 5.74) is 12.0. The topological polar surface area (TPSA) is 109 Å². The Hall–Kier alpha value is -2.74. The van der Waals surface area contributed by atoms with Gasteiger partial charge in [0.2, 0.25) is 11.8 Å². The van der Waals surface area contributed by atoms with Crippen LogP contribution in [0.5, 0.6) is 0 Å². The predicted octanol–water partition coefficient (Wildman–Crippen LogP) is 2.41. The number of hydrogen-bond donors (Lipinski definition) is 3. The van der Waals surface area contributed by atoms with Crippen LogP contribution in [-0.4, -0.2) is 22.5 Å². The van der Waals surface area contributed by atoms with E-state index in [0.29, 0.717) is 16.5 Å². The largest absolute Gasteiger partial charge is 0.375 e. The number of hydrogen-bond acceptors (Lipinski definition) is 6. The summed E-state index contributed by atoms with van der Waals surface area (Å²) < 4.78 is 0. The number of carbonyl (C=O) groups excluding carboxylic acids is 2. The van der Waals surface area contributed by atoms with E-state index in [4.69, 9.17) is 5.73 Å². The molecule has 7 nitrogen and oxygen atoms in total. The van der Waals surface area contributed by atoms with Crippen molar-refractivity contribution in [1.29, 1.82) is 0 Å². The molecule has 0 saturated carbocycles. The lowest BCUT2D eigenvalue weighted by Gasteiger charge is -2.07. The van der Waals surface area contributed by atoms with Crippen molar-refractivity contribution in [3.05, 3.63) is 40.4 Å². The SMILES string of the molecule is C/C(CC(=O)Nc1cc(C)cc(C)c1)=N\NC(=O)Cc1csc(N)n1. The molecule has 0 saturated heterocycles. The van der Waals surface area contributed by atoms with E-state index in [9.17, 15) is 9.59 Å². The second-order valence-corrected chi connectivity index (χ2v) is 6.73. The predicted molar refractivity (Wildman–Crippen MR) is 101 cm³/mol.